The van der Waals surface area contributed by atoms with E-state index in [4.69, 9.17) is 0 Å². The second-order valence-corrected chi connectivity index (χ2v) is 14.1. The average molecular weight is 452 g/mol. The molecule has 0 saturated carbocycles. The molecule has 2 aromatic rings. The Bertz CT molecular complexity index is 1040. The molecule has 2 atom stereocenters. The first kappa shape index (κ1) is 23.4. The maximum Gasteiger partial charge on any atom is 0.251 e. The van der Waals surface area contributed by atoms with Gasteiger partial charge in [0.2, 0.25) is 11.8 Å². The zero-order valence-electron chi connectivity index (χ0n) is 18.7. The molecule has 0 aromatic heterocycles. The highest BCUT2D eigenvalue weighted by molar-refractivity contribution is 6.88. The van der Waals surface area contributed by atoms with E-state index in [1.807, 2.05) is 24.3 Å². The third kappa shape index (κ3) is 5.71. The van der Waals surface area contributed by atoms with Gasteiger partial charge in [0.15, 0.2) is 0 Å². The van der Waals surface area contributed by atoms with E-state index in [0.29, 0.717) is 16.8 Å². The lowest BCUT2D eigenvalue weighted by atomic mass is 10.0. The number of hydrogen-bond donors (Lipinski definition) is 4. The van der Waals surface area contributed by atoms with Crippen LogP contribution in [0.1, 0.15) is 36.6 Å². The number of amides is 3. The minimum Gasteiger partial charge on any atom is -0.389 e. The summed E-state index contributed by atoms with van der Waals surface area (Å²) in [6, 6.07) is 13.6. The van der Waals surface area contributed by atoms with Crippen LogP contribution in [0.3, 0.4) is 0 Å². The van der Waals surface area contributed by atoms with Crippen LogP contribution in [-0.4, -0.2) is 30.9 Å². The van der Waals surface area contributed by atoms with Crippen molar-refractivity contribution in [3.63, 3.8) is 0 Å². The van der Waals surface area contributed by atoms with Crippen molar-refractivity contribution >= 4 is 36.7 Å². The molecule has 1 heterocycles. The van der Waals surface area contributed by atoms with Gasteiger partial charge in [0.25, 0.3) is 5.91 Å². The summed E-state index contributed by atoms with van der Waals surface area (Å²) in [5.74, 6) is -1.15. The molecule has 0 spiro atoms. The largest absolute Gasteiger partial charge is 0.389 e. The molecule has 32 heavy (non-hydrogen) atoms. The number of carbonyl (C=O) groups is 3. The number of carbonyl (C=O) groups excluding carboxylic acids is 3. The lowest BCUT2D eigenvalue weighted by molar-refractivity contribution is -0.125. The quantitative estimate of drug-likeness (QED) is 0.485. The number of hydrogen-bond acceptors (Lipinski definition) is 4. The van der Waals surface area contributed by atoms with Crippen molar-refractivity contribution < 1.29 is 19.5 Å². The molecule has 168 valence electrons. The number of aliphatic hydroxyl groups excluding tert-OH is 1. The summed E-state index contributed by atoms with van der Waals surface area (Å²) >= 11 is 0. The van der Waals surface area contributed by atoms with Crippen molar-refractivity contribution in [1.82, 2.24) is 10.6 Å². The van der Waals surface area contributed by atoms with Gasteiger partial charge in [-0.1, -0.05) is 61.2 Å². The van der Waals surface area contributed by atoms with Gasteiger partial charge in [-0.2, -0.15) is 0 Å². The molecule has 0 bridgehead atoms. The molecule has 8 heteroatoms. The van der Waals surface area contributed by atoms with Gasteiger partial charge < -0.3 is 21.1 Å². The van der Waals surface area contributed by atoms with Crippen molar-refractivity contribution in [2.24, 2.45) is 0 Å². The Labute approximate surface area is 188 Å². The molecular weight excluding hydrogens is 422 g/mol. The van der Waals surface area contributed by atoms with Gasteiger partial charge in [-0.15, -0.1) is 0 Å². The summed E-state index contributed by atoms with van der Waals surface area (Å²) in [5, 5.41) is 19.1. The maximum atomic E-state index is 13.2. The third-order valence-electron chi connectivity index (χ3n) is 5.36. The van der Waals surface area contributed by atoms with Gasteiger partial charge in [-0.05, 0) is 30.2 Å². The molecule has 4 N–H and O–H groups in total. The van der Waals surface area contributed by atoms with E-state index in [2.05, 4.69) is 35.6 Å². The summed E-state index contributed by atoms with van der Waals surface area (Å²) in [6.07, 6.45) is 0.689. The topological polar surface area (TPSA) is 108 Å². The van der Waals surface area contributed by atoms with Crippen LogP contribution in [-0.2, 0) is 14.4 Å². The van der Waals surface area contributed by atoms with E-state index in [1.54, 1.807) is 31.2 Å². The standard InChI is InChI=1S/C24H29N3O4Si/c1-15(28)16-5-7-17(8-6-16)22(27-23(30)18-13-21(29)25-14-18)24(31)26-19-9-11-20(12-10-19)32(2,3)4/h5-12,14-15,22,28H,13H2,1-4H3,(H,25,29)(H,26,31)(H,27,30). The van der Waals surface area contributed by atoms with E-state index in [1.165, 1.54) is 11.4 Å². The van der Waals surface area contributed by atoms with Crippen LogP contribution >= 0.6 is 0 Å². The molecular formula is C24H29N3O4Si. The predicted octanol–water partition coefficient (Wildman–Crippen LogP) is 2.48. The zero-order valence-corrected chi connectivity index (χ0v) is 19.7. The first-order chi connectivity index (χ1) is 15.0. The summed E-state index contributed by atoms with van der Waals surface area (Å²) in [5.41, 5.74) is 2.17. The number of aliphatic hydroxyl groups is 1. The fourth-order valence-corrected chi connectivity index (χ4v) is 4.51. The van der Waals surface area contributed by atoms with Crippen molar-refractivity contribution in [3.8, 4) is 0 Å². The highest BCUT2D eigenvalue weighted by atomic mass is 28.3. The second-order valence-electron chi connectivity index (χ2n) is 8.98. The average Bonchev–Trinajstić information content (AvgIpc) is 3.18. The van der Waals surface area contributed by atoms with Crippen LogP contribution in [0.4, 0.5) is 5.69 Å². The first-order valence-electron chi connectivity index (χ1n) is 10.5. The Morgan fingerprint density at radius 1 is 1.00 bits per heavy atom. The Kier molecular flexibility index (Phi) is 6.95. The first-order valence-corrected chi connectivity index (χ1v) is 14.0. The fourth-order valence-electron chi connectivity index (χ4n) is 3.35. The lowest BCUT2D eigenvalue weighted by Gasteiger charge is -2.21. The highest BCUT2D eigenvalue weighted by Gasteiger charge is 2.27. The van der Waals surface area contributed by atoms with Gasteiger partial charge in [0.1, 0.15) is 6.04 Å². The molecule has 0 aliphatic carbocycles. The molecule has 1 aliphatic rings. The Morgan fingerprint density at radius 3 is 2.09 bits per heavy atom. The zero-order chi connectivity index (χ0) is 23.5. The van der Waals surface area contributed by atoms with Crippen LogP contribution < -0.4 is 21.1 Å². The molecule has 0 fully saturated rings. The van der Waals surface area contributed by atoms with Crippen molar-refractivity contribution in [2.75, 3.05) is 5.32 Å². The maximum absolute atomic E-state index is 13.2. The predicted molar refractivity (Wildman–Crippen MR) is 127 cm³/mol. The molecule has 7 nitrogen and oxygen atoms in total. The summed E-state index contributed by atoms with van der Waals surface area (Å²) in [6.45, 7) is 8.41. The normalized spacial score (nSPS) is 15.4. The monoisotopic (exact) mass is 451 g/mol. The van der Waals surface area contributed by atoms with Crippen LogP contribution in [0.15, 0.2) is 60.3 Å². The Balaban J connectivity index is 1.83. The summed E-state index contributed by atoms with van der Waals surface area (Å²) in [7, 11) is -1.46. The molecule has 1 aliphatic heterocycles. The fraction of sp³-hybridized carbons (Fsp3) is 0.292. The number of benzene rings is 2. The van der Waals surface area contributed by atoms with E-state index in [-0.39, 0.29) is 17.9 Å². The summed E-state index contributed by atoms with van der Waals surface area (Å²) < 4.78 is 0. The molecule has 2 unspecified atom stereocenters. The lowest BCUT2D eigenvalue weighted by Crippen LogP contribution is -2.38. The highest BCUT2D eigenvalue weighted by Crippen LogP contribution is 2.21. The minimum atomic E-state index is -1.46. The van der Waals surface area contributed by atoms with Crippen LogP contribution in [0.25, 0.3) is 0 Å². The second kappa shape index (κ2) is 9.50. The molecule has 0 radical (unpaired) electrons. The van der Waals surface area contributed by atoms with Crippen LogP contribution in [0.2, 0.25) is 19.6 Å². The summed E-state index contributed by atoms with van der Waals surface area (Å²) in [4.78, 5) is 37.3. The van der Waals surface area contributed by atoms with E-state index in [0.717, 1.165) is 0 Å². The van der Waals surface area contributed by atoms with Crippen molar-refractivity contribution in [2.45, 2.75) is 45.1 Å². The minimum absolute atomic E-state index is 0.0285. The van der Waals surface area contributed by atoms with Crippen LogP contribution in [0.5, 0.6) is 0 Å². The van der Waals surface area contributed by atoms with Crippen molar-refractivity contribution in [1.29, 1.82) is 0 Å². The Hall–Kier alpha value is -3.23. The SMILES string of the molecule is CC(O)c1ccc(C(NC(=O)C2=CNC(=O)C2)C(=O)Nc2ccc([Si](C)(C)C)cc2)cc1. The molecule has 2 aromatic carbocycles. The van der Waals surface area contributed by atoms with E-state index < -0.39 is 32.0 Å². The Morgan fingerprint density at radius 2 is 1.59 bits per heavy atom. The van der Waals surface area contributed by atoms with E-state index in [9.17, 15) is 19.5 Å². The smallest absolute Gasteiger partial charge is 0.251 e. The third-order valence-corrected chi connectivity index (χ3v) is 7.42. The number of anilines is 1. The van der Waals surface area contributed by atoms with Crippen molar-refractivity contribution in [3.05, 3.63) is 71.4 Å². The van der Waals surface area contributed by atoms with Gasteiger partial charge in [0, 0.05) is 17.5 Å². The van der Waals surface area contributed by atoms with E-state index >= 15 is 0 Å². The molecule has 3 rings (SSSR count). The molecule has 3 amide bonds. The number of rotatable bonds is 7. The van der Waals surface area contributed by atoms with Gasteiger partial charge in [-0.3, -0.25) is 14.4 Å². The molecule has 0 saturated heterocycles. The van der Waals surface area contributed by atoms with Gasteiger partial charge >= 0.3 is 0 Å². The van der Waals surface area contributed by atoms with Gasteiger partial charge in [0.05, 0.1) is 20.6 Å². The van der Waals surface area contributed by atoms with Gasteiger partial charge in [-0.25, -0.2) is 0 Å². The van der Waals surface area contributed by atoms with Crippen LogP contribution in [0, 0.1) is 0 Å². The number of nitrogens with one attached hydrogen (secondary N) is 3.